The van der Waals surface area contributed by atoms with Gasteiger partial charge in [-0.15, -0.1) is 11.8 Å². The summed E-state index contributed by atoms with van der Waals surface area (Å²) in [6, 6.07) is 12.2. The first kappa shape index (κ1) is 11.0. The Morgan fingerprint density at radius 3 is 2.62 bits per heavy atom. The third kappa shape index (κ3) is 2.97. The monoisotopic (exact) mass is 231 g/mol. The SMILES string of the molecule is Cc1cc(SCc2ccccc2)nc(N)n1. The molecule has 0 aliphatic heterocycles. The minimum Gasteiger partial charge on any atom is -0.368 e. The first-order valence-corrected chi connectivity index (χ1v) is 6.00. The molecular formula is C12H13N3S. The molecule has 3 nitrogen and oxygen atoms in total. The van der Waals surface area contributed by atoms with E-state index in [1.54, 1.807) is 11.8 Å². The Morgan fingerprint density at radius 1 is 1.19 bits per heavy atom. The molecule has 1 heterocycles. The zero-order valence-electron chi connectivity index (χ0n) is 9.05. The largest absolute Gasteiger partial charge is 0.368 e. The van der Waals surface area contributed by atoms with Gasteiger partial charge in [0.05, 0.1) is 0 Å². The van der Waals surface area contributed by atoms with Crippen LogP contribution in [0, 0.1) is 6.92 Å². The number of anilines is 1. The van der Waals surface area contributed by atoms with Crippen LogP contribution in [0.2, 0.25) is 0 Å². The van der Waals surface area contributed by atoms with Gasteiger partial charge in [0.25, 0.3) is 0 Å². The first-order chi connectivity index (χ1) is 7.74. The van der Waals surface area contributed by atoms with Crippen LogP contribution < -0.4 is 5.73 Å². The number of hydrogen-bond donors (Lipinski definition) is 1. The predicted molar refractivity (Wildman–Crippen MR) is 67.2 cm³/mol. The highest BCUT2D eigenvalue weighted by atomic mass is 32.2. The Hall–Kier alpha value is -1.55. The summed E-state index contributed by atoms with van der Waals surface area (Å²) in [4.78, 5) is 8.22. The maximum atomic E-state index is 5.59. The molecule has 1 aromatic carbocycles. The Labute approximate surface area is 99.1 Å². The van der Waals surface area contributed by atoms with Crippen molar-refractivity contribution >= 4 is 17.7 Å². The lowest BCUT2D eigenvalue weighted by molar-refractivity contribution is 1.02. The number of nitrogens with two attached hydrogens (primary N) is 1. The minimum absolute atomic E-state index is 0.343. The molecule has 0 spiro atoms. The molecule has 2 aromatic rings. The second-order valence-electron chi connectivity index (χ2n) is 3.48. The van der Waals surface area contributed by atoms with Gasteiger partial charge in [-0.2, -0.15) is 0 Å². The van der Waals surface area contributed by atoms with Crippen LogP contribution in [-0.2, 0) is 5.75 Å². The molecule has 4 heteroatoms. The minimum atomic E-state index is 0.343. The lowest BCUT2D eigenvalue weighted by Crippen LogP contribution is -1.97. The number of aromatic nitrogens is 2. The number of benzene rings is 1. The third-order valence-corrected chi connectivity index (χ3v) is 3.06. The number of hydrogen-bond acceptors (Lipinski definition) is 4. The fourth-order valence-corrected chi connectivity index (χ4v) is 2.29. The van der Waals surface area contributed by atoms with Crippen LogP contribution in [-0.4, -0.2) is 9.97 Å². The molecule has 82 valence electrons. The molecule has 16 heavy (non-hydrogen) atoms. The molecule has 0 atom stereocenters. The Bertz CT molecular complexity index is 451. The maximum Gasteiger partial charge on any atom is 0.221 e. The van der Waals surface area contributed by atoms with Crippen LogP contribution in [0.15, 0.2) is 41.4 Å². The number of aryl methyl sites for hydroxylation is 1. The Morgan fingerprint density at radius 2 is 1.94 bits per heavy atom. The third-order valence-electron chi connectivity index (χ3n) is 2.08. The van der Waals surface area contributed by atoms with Crippen LogP contribution in [0.1, 0.15) is 11.3 Å². The molecule has 0 saturated carbocycles. The molecule has 0 saturated heterocycles. The summed E-state index contributed by atoms with van der Waals surface area (Å²) < 4.78 is 0. The fourth-order valence-electron chi connectivity index (χ4n) is 1.37. The molecule has 0 unspecified atom stereocenters. The Balaban J connectivity index is 2.05. The average Bonchev–Trinajstić information content (AvgIpc) is 2.27. The summed E-state index contributed by atoms with van der Waals surface area (Å²) in [6.45, 7) is 1.92. The van der Waals surface area contributed by atoms with Crippen LogP contribution in [0.4, 0.5) is 5.95 Å². The van der Waals surface area contributed by atoms with E-state index in [1.807, 2.05) is 31.2 Å². The fraction of sp³-hybridized carbons (Fsp3) is 0.167. The highest BCUT2D eigenvalue weighted by Gasteiger charge is 2.00. The van der Waals surface area contributed by atoms with Crippen molar-refractivity contribution in [3.63, 3.8) is 0 Å². The van der Waals surface area contributed by atoms with Gasteiger partial charge < -0.3 is 5.73 Å². The predicted octanol–water partition coefficient (Wildman–Crippen LogP) is 2.66. The zero-order chi connectivity index (χ0) is 11.4. The van der Waals surface area contributed by atoms with E-state index in [4.69, 9.17) is 5.73 Å². The molecule has 1 aromatic heterocycles. The number of nitrogens with zero attached hydrogens (tertiary/aromatic N) is 2. The van der Waals surface area contributed by atoms with E-state index in [0.717, 1.165) is 16.5 Å². The summed E-state index contributed by atoms with van der Waals surface area (Å²) in [6.07, 6.45) is 0. The van der Waals surface area contributed by atoms with Gasteiger partial charge >= 0.3 is 0 Å². The summed E-state index contributed by atoms with van der Waals surface area (Å²) in [7, 11) is 0. The molecule has 2 rings (SSSR count). The molecule has 0 bridgehead atoms. The van der Waals surface area contributed by atoms with E-state index in [9.17, 15) is 0 Å². The first-order valence-electron chi connectivity index (χ1n) is 5.02. The van der Waals surface area contributed by atoms with E-state index in [0.29, 0.717) is 5.95 Å². The molecular weight excluding hydrogens is 218 g/mol. The standard InChI is InChI=1S/C12H13N3S/c1-9-7-11(15-12(13)14-9)16-8-10-5-3-2-4-6-10/h2-7H,8H2,1H3,(H2,13,14,15). The van der Waals surface area contributed by atoms with Gasteiger partial charge in [0.15, 0.2) is 0 Å². The van der Waals surface area contributed by atoms with Gasteiger partial charge in [-0.25, -0.2) is 9.97 Å². The number of nitrogen functional groups attached to an aromatic ring is 1. The van der Waals surface area contributed by atoms with Crippen LogP contribution >= 0.6 is 11.8 Å². The smallest absolute Gasteiger partial charge is 0.221 e. The van der Waals surface area contributed by atoms with E-state index in [-0.39, 0.29) is 0 Å². The van der Waals surface area contributed by atoms with Gasteiger partial charge in [0.1, 0.15) is 5.03 Å². The van der Waals surface area contributed by atoms with Gasteiger partial charge in [0.2, 0.25) is 5.95 Å². The van der Waals surface area contributed by atoms with Gasteiger partial charge in [-0.05, 0) is 18.6 Å². The van der Waals surface area contributed by atoms with Gasteiger partial charge in [-0.3, -0.25) is 0 Å². The van der Waals surface area contributed by atoms with Crippen molar-refractivity contribution in [1.82, 2.24) is 9.97 Å². The topological polar surface area (TPSA) is 51.8 Å². The second-order valence-corrected chi connectivity index (χ2v) is 4.48. The average molecular weight is 231 g/mol. The van der Waals surface area contributed by atoms with Gasteiger partial charge in [0, 0.05) is 11.4 Å². The summed E-state index contributed by atoms with van der Waals surface area (Å²) in [5, 5.41) is 0.925. The van der Waals surface area contributed by atoms with E-state index in [1.165, 1.54) is 5.56 Å². The molecule has 0 fully saturated rings. The van der Waals surface area contributed by atoms with Gasteiger partial charge in [-0.1, -0.05) is 30.3 Å². The second kappa shape index (κ2) is 4.99. The van der Waals surface area contributed by atoms with E-state index in [2.05, 4.69) is 22.1 Å². The molecule has 0 amide bonds. The van der Waals surface area contributed by atoms with Crippen molar-refractivity contribution in [2.75, 3.05) is 5.73 Å². The lowest BCUT2D eigenvalue weighted by atomic mass is 10.2. The van der Waals surface area contributed by atoms with Crippen molar-refractivity contribution in [1.29, 1.82) is 0 Å². The highest BCUT2D eigenvalue weighted by Crippen LogP contribution is 2.21. The molecule has 2 N–H and O–H groups in total. The summed E-state index contributed by atoms with van der Waals surface area (Å²) in [5.41, 5.74) is 7.78. The highest BCUT2D eigenvalue weighted by molar-refractivity contribution is 7.98. The summed E-state index contributed by atoms with van der Waals surface area (Å²) in [5.74, 6) is 1.24. The molecule has 0 aliphatic rings. The Kier molecular flexibility index (Phi) is 3.41. The van der Waals surface area contributed by atoms with E-state index >= 15 is 0 Å². The summed E-state index contributed by atoms with van der Waals surface area (Å²) >= 11 is 1.67. The van der Waals surface area contributed by atoms with Crippen molar-refractivity contribution in [2.45, 2.75) is 17.7 Å². The maximum absolute atomic E-state index is 5.59. The number of rotatable bonds is 3. The molecule has 0 aliphatic carbocycles. The normalized spacial score (nSPS) is 10.3. The quantitative estimate of drug-likeness (QED) is 0.651. The lowest BCUT2D eigenvalue weighted by Gasteiger charge is -2.03. The number of thioether (sulfide) groups is 1. The molecule has 0 radical (unpaired) electrons. The van der Waals surface area contributed by atoms with E-state index < -0.39 is 0 Å². The van der Waals surface area contributed by atoms with Crippen molar-refractivity contribution in [3.05, 3.63) is 47.7 Å². The van der Waals surface area contributed by atoms with Crippen LogP contribution in [0.3, 0.4) is 0 Å². The van der Waals surface area contributed by atoms with Crippen molar-refractivity contribution in [3.8, 4) is 0 Å². The van der Waals surface area contributed by atoms with Crippen molar-refractivity contribution < 1.29 is 0 Å². The van der Waals surface area contributed by atoms with Crippen molar-refractivity contribution in [2.24, 2.45) is 0 Å². The zero-order valence-corrected chi connectivity index (χ0v) is 9.87. The van der Waals surface area contributed by atoms with Crippen LogP contribution in [0.5, 0.6) is 0 Å². The van der Waals surface area contributed by atoms with Crippen LogP contribution in [0.25, 0.3) is 0 Å².